The lowest BCUT2D eigenvalue weighted by Crippen LogP contribution is -2.54. The Balaban J connectivity index is 1.60. The minimum atomic E-state index is -0.761. The van der Waals surface area contributed by atoms with Crippen molar-refractivity contribution in [3.8, 4) is 0 Å². The number of morpholine rings is 1. The van der Waals surface area contributed by atoms with Crippen molar-refractivity contribution >= 4 is 17.4 Å². The summed E-state index contributed by atoms with van der Waals surface area (Å²) in [5.41, 5.74) is 3.04. The Bertz CT molecular complexity index is 915. The fraction of sp³-hybridized carbons (Fsp3) is 0.450. The lowest BCUT2D eigenvalue weighted by Gasteiger charge is -2.40. The molecule has 4 heterocycles. The van der Waals surface area contributed by atoms with Gasteiger partial charge in [0, 0.05) is 44.5 Å². The van der Waals surface area contributed by atoms with Gasteiger partial charge in [0.1, 0.15) is 12.4 Å². The minimum absolute atomic E-state index is 0.0998. The monoisotopic (exact) mass is 384 g/mol. The van der Waals surface area contributed by atoms with Gasteiger partial charge in [0.05, 0.1) is 18.5 Å². The predicted octanol–water partition coefficient (Wildman–Crippen LogP) is 1.62. The molecular weight excluding hydrogens is 360 g/mol. The van der Waals surface area contributed by atoms with Crippen molar-refractivity contribution in [1.82, 2.24) is 19.6 Å². The van der Waals surface area contributed by atoms with E-state index in [2.05, 4.69) is 12.0 Å². The zero-order valence-corrected chi connectivity index (χ0v) is 16.3. The van der Waals surface area contributed by atoms with Crippen molar-refractivity contribution in [2.24, 2.45) is 7.05 Å². The number of carbonyl (C=O) groups excluding carboxylic acids is 2. The quantitative estimate of drug-likeness (QED) is 0.803. The zero-order valence-electron chi connectivity index (χ0n) is 16.3. The summed E-state index contributed by atoms with van der Waals surface area (Å²) in [5, 5.41) is 4.19. The maximum atomic E-state index is 13.4. The van der Waals surface area contributed by atoms with Crippen LogP contribution in [0.15, 0.2) is 40.8 Å². The standard InChI is InChI=1S/C20H24N4O4/c1-13-6-7-24(11-15(13)16-5-4-8-27-16)20(26)19-18(14-9-21-22(2)10-14)23(3)17(25)12-28-19/h4-5,8-10,18-19H,6-7,11-12H2,1-3H3/t18-,19+/m0/s1. The maximum Gasteiger partial charge on any atom is 0.254 e. The second-order valence-corrected chi connectivity index (χ2v) is 7.37. The highest BCUT2D eigenvalue weighted by Crippen LogP contribution is 2.32. The first-order valence-corrected chi connectivity index (χ1v) is 9.33. The Morgan fingerprint density at radius 1 is 1.32 bits per heavy atom. The molecule has 1 saturated heterocycles. The third-order valence-corrected chi connectivity index (χ3v) is 5.54. The van der Waals surface area contributed by atoms with Crippen molar-refractivity contribution in [1.29, 1.82) is 0 Å². The highest BCUT2D eigenvalue weighted by atomic mass is 16.5. The number of rotatable bonds is 3. The third-order valence-electron chi connectivity index (χ3n) is 5.54. The first-order valence-electron chi connectivity index (χ1n) is 9.33. The lowest BCUT2D eigenvalue weighted by atomic mass is 9.96. The van der Waals surface area contributed by atoms with E-state index in [0.29, 0.717) is 13.1 Å². The van der Waals surface area contributed by atoms with Gasteiger partial charge in [0.2, 0.25) is 5.91 Å². The highest BCUT2D eigenvalue weighted by Gasteiger charge is 2.43. The number of furan rings is 1. The van der Waals surface area contributed by atoms with Crippen LogP contribution in [0.25, 0.3) is 5.57 Å². The lowest BCUT2D eigenvalue weighted by molar-refractivity contribution is -0.167. The molecule has 0 bridgehead atoms. The van der Waals surface area contributed by atoms with Crippen LogP contribution in [0, 0.1) is 0 Å². The molecule has 2 aromatic heterocycles. The number of aromatic nitrogens is 2. The molecule has 0 saturated carbocycles. The number of aryl methyl sites for hydroxylation is 1. The van der Waals surface area contributed by atoms with Crippen LogP contribution >= 0.6 is 0 Å². The molecule has 0 N–H and O–H groups in total. The van der Waals surface area contributed by atoms with Gasteiger partial charge in [-0.25, -0.2) is 0 Å². The van der Waals surface area contributed by atoms with Gasteiger partial charge < -0.3 is 19.0 Å². The normalized spacial score (nSPS) is 23.5. The van der Waals surface area contributed by atoms with Gasteiger partial charge in [-0.05, 0) is 25.5 Å². The number of amides is 2. The molecule has 2 amide bonds. The van der Waals surface area contributed by atoms with Crippen molar-refractivity contribution in [2.75, 3.05) is 26.7 Å². The predicted molar refractivity (Wildman–Crippen MR) is 101 cm³/mol. The number of carbonyl (C=O) groups is 2. The van der Waals surface area contributed by atoms with E-state index < -0.39 is 12.1 Å². The summed E-state index contributed by atoms with van der Waals surface area (Å²) in [4.78, 5) is 29.0. The topological polar surface area (TPSA) is 80.8 Å². The second-order valence-electron chi connectivity index (χ2n) is 7.37. The summed E-state index contributed by atoms with van der Waals surface area (Å²) in [6.45, 7) is 3.06. The maximum absolute atomic E-state index is 13.4. The van der Waals surface area contributed by atoms with E-state index in [1.54, 1.807) is 41.0 Å². The number of ether oxygens (including phenoxy) is 1. The molecular formula is C20H24N4O4. The molecule has 8 heteroatoms. The summed E-state index contributed by atoms with van der Waals surface area (Å²) in [6, 6.07) is 3.26. The Labute approximate surface area is 163 Å². The van der Waals surface area contributed by atoms with Crippen LogP contribution in [0.2, 0.25) is 0 Å². The molecule has 1 fully saturated rings. The Kier molecular flexibility index (Phi) is 4.80. The molecule has 4 rings (SSSR count). The van der Waals surface area contributed by atoms with Gasteiger partial charge in [-0.2, -0.15) is 5.10 Å². The van der Waals surface area contributed by atoms with E-state index in [-0.39, 0.29) is 18.4 Å². The summed E-state index contributed by atoms with van der Waals surface area (Å²) < 4.78 is 13.0. The van der Waals surface area contributed by atoms with Gasteiger partial charge in [0.25, 0.3) is 5.91 Å². The zero-order chi connectivity index (χ0) is 19.8. The third kappa shape index (κ3) is 3.24. The average Bonchev–Trinajstić information content (AvgIpc) is 3.35. The second kappa shape index (κ2) is 7.27. The van der Waals surface area contributed by atoms with E-state index in [1.807, 2.05) is 18.3 Å². The first kappa shape index (κ1) is 18.5. The van der Waals surface area contributed by atoms with Crippen LogP contribution in [0.5, 0.6) is 0 Å². The van der Waals surface area contributed by atoms with Crippen molar-refractivity contribution in [3.63, 3.8) is 0 Å². The molecule has 28 heavy (non-hydrogen) atoms. The van der Waals surface area contributed by atoms with Crippen LogP contribution in [0.4, 0.5) is 0 Å². The van der Waals surface area contributed by atoms with E-state index in [4.69, 9.17) is 9.15 Å². The molecule has 0 aliphatic carbocycles. The molecule has 2 atom stereocenters. The van der Waals surface area contributed by atoms with Gasteiger partial charge in [-0.15, -0.1) is 0 Å². The minimum Gasteiger partial charge on any atom is -0.465 e. The molecule has 148 valence electrons. The molecule has 2 aliphatic rings. The van der Waals surface area contributed by atoms with Gasteiger partial charge in [-0.1, -0.05) is 5.57 Å². The molecule has 8 nitrogen and oxygen atoms in total. The van der Waals surface area contributed by atoms with Gasteiger partial charge in [-0.3, -0.25) is 14.3 Å². The van der Waals surface area contributed by atoms with Crippen LogP contribution in [0.1, 0.15) is 30.7 Å². The van der Waals surface area contributed by atoms with Crippen LogP contribution in [0.3, 0.4) is 0 Å². The number of likely N-dealkylation sites (N-methyl/N-ethyl adjacent to an activating group) is 1. The SMILES string of the molecule is CC1=C(c2ccco2)CN(C(=O)[C@@H]2OCC(=O)N(C)[C@H]2c2cnn(C)c2)CC1. The van der Waals surface area contributed by atoms with E-state index in [0.717, 1.165) is 23.3 Å². The van der Waals surface area contributed by atoms with Crippen LogP contribution in [-0.2, 0) is 21.4 Å². The number of nitrogens with zero attached hydrogens (tertiary/aromatic N) is 4. The molecule has 0 aromatic carbocycles. The van der Waals surface area contributed by atoms with Gasteiger partial charge >= 0.3 is 0 Å². The molecule has 2 aromatic rings. The molecule has 2 aliphatic heterocycles. The number of hydrogen-bond donors (Lipinski definition) is 0. The largest absolute Gasteiger partial charge is 0.465 e. The van der Waals surface area contributed by atoms with Crippen molar-refractivity contribution < 1.29 is 18.7 Å². The Hall–Kier alpha value is -2.87. The first-order chi connectivity index (χ1) is 13.5. The van der Waals surface area contributed by atoms with Crippen molar-refractivity contribution in [2.45, 2.75) is 25.5 Å². The van der Waals surface area contributed by atoms with Crippen LogP contribution in [-0.4, -0.2) is 64.2 Å². The summed E-state index contributed by atoms with van der Waals surface area (Å²) in [6.07, 6.45) is 5.15. The summed E-state index contributed by atoms with van der Waals surface area (Å²) in [5.74, 6) is 0.518. The summed E-state index contributed by atoms with van der Waals surface area (Å²) in [7, 11) is 3.51. The van der Waals surface area contributed by atoms with Crippen molar-refractivity contribution in [3.05, 3.63) is 47.7 Å². The molecule has 0 spiro atoms. The summed E-state index contributed by atoms with van der Waals surface area (Å²) >= 11 is 0. The number of hydrogen-bond acceptors (Lipinski definition) is 5. The van der Waals surface area contributed by atoms with E-state index in [9.17, 15) is 9.59 Å². The fourth-order valence-corrected chi connectivity index (χ4v) is 3.87. The average molecular weight is 384 g/mol. The van der Waals surface area contributed by atoms with E-state index in [1.165, 1.54) is 5.57 Å². The molecule has 0 radical (unpaired) electrons. The molecule has 0 unspecified atom stereocenters. The smallest absolute Gasteiger partial charge is 0.254 e. The fourth-order valence-electron chi connectivity index (χ4n) is 3.87. The highest BCUT2D eigenvalue weighted by molar-refractivity contribution is 5.88. The Morgan fingerprint density at radius 2 is 2.14 bits per heavy atom. The Morgan fingerprint density at radius 3 is 2.82 bits per heavy atom. The van der Waals surface area contributed by atoms with Gasteiger partial charge in [0.15, 0.2) is 6.10 Å². The van der Waals surface area contributed by atoms with E-state index >= 15 is 0 Å². The van der Waals surface area contributed by atoms with Crippen LogP contribution < -0.4 is 0 Å².